The molecule has 23 heavy (non-hydrogen) atoms. The molecule has 0 saturated carbocycles. The summed E-state index contributed by atoms with van der Waals surface area (Å²) >= 11 is 0. The van der Waals surface area contributed by atoms with Crippen molar-refractivity contribution in [2.24, 2.45) is 5.41 Å². The van der Waals surface area contributed by atoms with E-state index >= 15 is 0 Å². The van der Waals surface area contributed by atoms with Crippen molar-refractivity contribution in [3.05, 3.63) is 59.9 Å². The van der Waals surface area contributed by atoms with Crippen LogP contribution in [0.1, 0.15) is 51.8 Å². The number of rotatable bonds is 3. The zero-order valence-electron chi connectivity index (χ0n) is 14.5. The van der Waals surface area contributed by atoms with E-state index in [0.29, 0.717) is 11.3 Å². The van der Waals surface area contributed by atoms with Gasteiger partial charge < -0.3 is 10.4 Å². The molecule has 1 amide bonds. The number of nitrogens with zero attached hydrogens (tertiary/aromatic N) is 1. The molecule has 1 aromatic heterocycles. The third-order valence-electron chi connectivity index (χ3n) is 3.19. The summed E-state index contributed by atoms with van der Waals surface area (Å²) in [7, 11) is 0. The van der Waals surface area contributed by atoms with Gasteiger partial charge in [-0.15, -0.1) is 0 Å². The molecule has 1 unspecified atom stereocenters. The fourth-order valence-electron chi connectivity index (χ4n) is 1.87. The standard InChI is InChI=1S/C17H20N2O2.C2H6/c1-17(2,3)16(21)19-14-11-18-10-9-13(14)15(20)12-7-5-4-6-8-12;1-2/h4-11,15,20H,1-3H3,(H,19,21);1-2H3. The van der Waals surface area contributed by atoms with Gasteiger partial charge in [-0.25, -0.2) is 0 Å². The van der Waals surface area contributed by atoms with Crippen LogP contribution >= 0.6 is 0 Å². The van der Waals surface area contributed by atoms with E-state index in [1.54, 1.807) is 18.5 Å². The minimum atomic E-state index is -0.801. The van der Waals surface area contributed by atoms with Gasteiger partial charge in [0.1, 0.15) is 6.10 Å². The Labute approximate surface area is 138 Å². The van der Waals surface area contributed by atoms with Crippen LogP contribution in [0.15, 0.2) is 48.8 Å². The Kier molecular flexibility index (Phi) is 6.91. The van der Waals surface area contributed by atoms with Crippen molar-refractivity contribution in [2.45, 2.75) is 40.7 Å². The Balaban J connectivity index is 0.00000127. The molecule has 4 nitrogen and oxygen atoms in total. The molecule has 0 aliphatic heterocycles. The predicted octanol–water partition coefficient (Wildman–Crippen LogP) is 4.17. The van der Waals surface area contributed by atoms with Gasteiger partial charge in [0.25, 0.3) is 0 Å². The van der Waals surface area contributed by atoms with Gasteiger partial charge in [-0.2, -0.15) is 0 Å². The van der Waals surface area contributed by atoms with E-state index in [9.17, 15) is 9.90 Å². The van der Waals surface area contributed by atoms with E-state index in [4.69, 9.17) is 0 Å². The number of benzene rings is 1. The van der Waals surface area contributed by atoms with E-state index in [2.05, 4.69) is 10.3 Å². The minimum absolute atomic E-state index is 0.114. The molecule has 0 aliphatic rings. The first-order chi connectivity index (χ1) is 10.9. The second-order valence-corrected chi connectivity index (χ2v) is 5.98. The molecule has 1 aromatic carbocycles. The first-order valence-electron chi connectivity index (χ1n) is 7.88. The normalized spacial score (nSPS) is 11.9. The summed E-state index contributed by atoms with van der Waals surface area (Å²) in [5.41, 5.74) is 1.43. The Morgan fingerprint density at radius 1 is 1.13 bits per heavy atom. The molecule has 1 atom stereocenters. The largest absolute Gasteiger partial charge is 0.384 e. The van der Waals surface area contributed by atoms with E-state index in [0.717, 1.165) is 5.56 Å². The van der Waals surface area contributed by atoms with Crippen LogP contribution < -0.4 is 5.32 Å². The third kappa shape index (κ3) is 5.18. The predicted molar refractivity (Wildman–Crippen MR) is 94.2 cm³/mol. The van der Waals surface area contributed by atoms with Gasteiger partial charge >= 0.3 is 0 Å². The topological polar surface area (TPSA) is 62.2 Å². The number of anilines is 1. The first kappa shape index (κ1) is 18.8. The number of amides is 1. The van der Waals surface area contributed by atoms with Crippen molar-refractivity contribution in [2.75, 3.05) is 5.32 Å². The molecule has 4 heteroatoms. The molecular formula is C19H26N2O2. The molecular weight excluding hydrogens is 288 g/mol. The highest BCUT2D eigenvalue weighted by Crippen LogP contribution is 2.28. The van der Waals surface area contributed by atoms with Crippen LogP contribution in [-0.2, 0) is 4.79 Å². The number of pyridine rings is 1. The number of nitrogens with one attached hydrogen (secondary N) is 1. The average molecular weight is 314 g/mol. The number of carbonyl (C=O) groups is 1. The van der Waals surface area contributed by atoms with E-state index < -0.39 is 11.5 Å². The third-order valence-corrected chi connectivity index (χ3v) is 3.19. The number of aromatic nitrogens is 1. The van der Waals surface area contributed by atoms with Gasteiger partial charge in [-0.1, -0.05) is 65.0 Å². The summed E-state index contributed by atoms with van der Waals surface area (Å²) in [6.45, 7) is 9.52. The maximum absolute atomic E-state index is 12.1. The lowest BCUT2D eigenvalue weighted by atomic mass is 9.95. The zero-order valence-corrected chi connectivity index (χ0v) is 14.5. The zero-order chi connectivity index (χ0) is 17.5. The fourth-order valence-corrected chi connectivity index (χ4v) is 1.87. The van der Waals surface area contributed by atoms with Crippen molar-refractivity contribution in [3.63, 3.8) is 0 Å². The van der Waals surface area contributed by atoms with Crippen molar-refractivity contribution in [1.29, 1.82) is 0 Å². The second-order valence-electron chi connectivity index (χ2n) is 5.98. The lowest BCUT2D eigenvalue weighted by molar-refractivity contribution is -0.123. The van der Waals surface area contributed by atoms with Crippen LogP contribution in [0.4, 0.5) is 5.69 Å². The SMILES string of the molecule is CC.CC(C)(C)C(=O)Nc1cnccc1C(O)c1ccccc1. The summed E-state index contributed by atoms with van der Waals surface area (Å²) in [4.78, 5) is 16.2. The number of carbonyl (C=O) groups excluding carboxylic acids is 1. The smallest absolute Gasteiger partial charge is 0.229 e. The van der Waals surface area contributed by atoms with Gasteiger partial charge in [-0.3, -0.25) is 9.78 Å². The molecule has 124 valence electrons. The maximum atomic E-state index is 12.1. The summed E-state index contributed by atoms with van der Waals surface area (Å²) in [5.74, 6) is -0.114. The highest BCUT2D eigenvalue weighted by Gasteiger charge is 2.23. The van der Waals surface area contributed by atoms with Crippen molar-refractivity contribution >= 4 is 11.6 Å². The van der Waals surface area contributed by atoms with Crippen LogP contribution in [0.5, 0.6) is 0 Å². The summed E-state index contributed by atoms with van der Waals surface area (Å²) < 4.78 is 0. The van der Waals surface area contributed by atoms with E-state index in [1.807, 2.05) is 65.0 Å². The van der Waals surface area contributed by atoms with Crippen molar-refractivity contribution < 1.29 is 9.90 Å². The molecule has 1 heterocycles. The van der Waals surface area contributed by atoms with Gasteiger partial charge in [-0.05, 0) is 11.6 Å². The fraction of sp³-hybridized carbons (Fsp3) is 0.368. The molecule has 0 aliphatic carbocycles. The molecule has 0 spiro atoms. The van der Waals surface area contributed by atoms with Crippen LogP contribution in [0.2, 0.25) is 0 Å². The van der Waals surface area contributed by atoms with Crippen molar-refractivity contribution in [1.82, 2.24) is 4.98 Å². The Morgan fingerprint density at radius 3 is 2.30 bits per heavy atom. The Hall–Kier alpha value is -2.20. The average Bonchev–Trinajstić information content (AvgIpc) is 2.56. The van der Waals surface area contributed by atoms with Crippen LogP contribution in [-0.4, -0.2) is 16.0 Å². The molecule has 0 saturated heterocycles. The van der Waals surface area contributed by atoms with E-state index in [-0.39, 0.29) is 5.91 Å². The molecule has 2 aromatic rings. The van der Waals surface area contributed by atoms with E-state index in [1.165, 1.54) is 0 Å². The van der Waals surface area contributed by atoms with Crippen LogP contribution in [0.25, 0.3) is 0 Å². The number of aliphatic hydroxyl groups excluding tert-OH is 1. The second kappa shape index (κ2) is 8.44. The first-order valence-corrected chi connectivity index (χ1v) is 7.88. The molecule has 0 bridgehead atoms. The number of hydrogen-bond donors (Lipinski definition) is 2. The molecule has 0 radical (unpaired) electrons. The summed E-state index contributed by atoms with van der Waals surface area (Å²) in [5, 5.41) is 13.3. The molecule has 2 rings (SSSR count). The lowest BCUT2D eigenvalue weighted by Gasteiger charge is -2.21. The maximum Gasteiger partial charge on any atom is 0.229 e. The van der Waals surface area contributed by atoms with Gasteiger partial charge in [0, 0.05) is 17.2 Å². The summed E-state index contributed by atoms with van der Waals surface area (Å²) in [6.07, 6.45) is 2.36. The quantitative estimate of drug-likeness (QED) is 0.893. The van der Waals surface area contributed by atoms with Crippen molar-refractivity contribution in [3.8, 4) is 0 Å². The molecule has 0 fully saturated rings. The minimum Gasteiger partial charge on any atom is -0.384 e. The highest BCUT2D eigenvalue weighted by molar-refractivity contribution is 5.95. The van der Waals surface area contributed by atoms with Gasteiger partial charge in [0.05, 0.1) is 11.9 Å². The lowest BCUT2D eigenvalue weighted by Crippen LogP contribution is -2.28. The van der Waals surface area contributed by atoms with Crippen LogP contribution in [0, 0.1) is 5.41 Å². The molecule has 2 N–H and O–H groups in total. The van der Waals surface area contributed by atoms with Gasteiger partial charge in [0.2, 0.25) is 5.91 Å². The van der Waals surface area contributed by atoms with Gasteiger partial charge in [0.15, 0.2) is 0 Å². The highest BCUT2D eigenvalue weighted by atomic mass is 16.3. The Bertz CT molecular complexity index is 619. The summed E-state index contributed by atoms with van der Waals surface area (Å²) in [6, 6.07) is 11.0. The van der Waals surface area contributed by atoms with Crippen LogP contribution in [0.3, 0.4) is 0 Å². The monoisotopic (exact) mass is 314 g/mol. The number of aliphatic hydroxyl groups is 1. The number of hydrogen-bond acceptors (Lipinski definition) is 3. The Morgan fingerprint density at radius 2 is 1.74 bits per heavy atom.